The third kappa shape index (κ3) is 7.02. The number of rotatable bonds is 4. The van der Waals surface area contributed by atoms with Gasteiger partial charge >= 0.3 is 12.2 Å². The topological polar surface area (TPSA) is 115 Å². The summed E-state index contributed by atoms with van der Waals surface area (Å²) < 4.78 is 67.4. The van der Waals surface area contributed by atoms with E-state index in [1.807, 2.05) is 11.6 Å². The van der Waals surface area contributed by atoms with Crippen molar-refractivity contribution in [1.29, 1.82) is 0 Å². The zero-order valence-corrected chi connectivity index (χ0v) is 29.1. The Morgan fingerprint density at radius 1 is 1.10 bits per heavy atom. The number of nitrogens with two attached hydrogens (primary N) is 1. The third-order valence-corrected chi connectivity index (χ3v) is 9.98. The van der Waals surface area contributed by atoms with Gasteiger partial charge in [0.25, 0.3) is 5.91 Å². The molecule has 2 saturated heterocycles. The number of carbonyl (C=O) groups excluding carboxylic acids is 1. The van der Waals surface area contributed by atoms with E-state index in [4.69, 9.17) is 15.2 Å². The number of methoxy groups -OCH3 is 1. The van der Waals surface area contributed by atoms with Crippen molar-refractivity contribution in [2.24, 2.45) is 0 Å². The molecule has 0 aliphatic carbocycles. The van der Waals surface area contributed by atoms with Crippen LogP contribution in [0, 0.1) is 13.8 Å². The molecule has 4 aliphatic heterocycles. The van der Waals surface area contributed by atoms with Gasteiger partial charge in [-0.2, -0.15) is 28.2 Å². The molecule has 2 N–H and O–H groups in total. The van der Waals surface area contributed by atoms with Gasteiger partial charge in [-0.05, 0) is 74.9 Å². The second-order valence-corrected chi connectivity index (χ2v) is 13.6. The van der Waals surface area contributed by atoms with Gasteiger partial charge in [-0.3, -0.25) is 14.4 Å². The first-order valence-corrected chi connectivity index (χ1v) is 16.9. The van der Waals surface area contributed by atoms with Crippen LogP contribution in [0.5, 0.6) is 6.01 Å². The van der Waals surface area contributed by atoms with Gasteiger partial charge in [0.1, 0.15) is 5.82 Å². The van der Waals surface area contributed by atoms with E-state index in [1.165, 1.54) is 50.5 Å². The second kappa shape index (κ2) is 14.2. The number of hydrogen-bond donors (Lipinski definition) is 1. The van der Waals surface area contributed by atoms with E-state index < -0.39 is 17.8 Å². The lowest BCUT2D eigenvalue weighted by molar-refractivity contribution is -0.140. The van der Waals surface area contributed by atoms with E-state index in [9.17, 15) is 22.4 Å². The zero-order valence-electron chi connectivity index (χ0n) is 29.1. The number of nitrogens with zero attached hydrogens (tertiary/aromatic N) is 7. The molecule has 3 aromatic rings. The zero-order chi connectivity index (χ0) is 35.9. The van der Waals surface area contributed by atoms with Crippen molar-refractivity contribution in [1.82, 2.24) is 29.5 Å². The summed E-state index contributed by atoms with van der Waals surface area (Å²) in [6.07, 6.45) is -0.265. The maximum atomic E-state index is 14.0. The monoisotopic (exact) mass is 700 g/mol. The standard InChI is InChI=1S/C27H32F3N7O3.C8H12FN/c1-14-9-16(31)10-17(22(14)27(28,29)30)21-11-19-18(13-40-21)24(33-26(32-19)39-5)36-7-6-8-37-20(12-36)15(2)23(34-37)25(38)35(3)4;9-5-7-4-8-2-1-3-10(8)6-7/h9-10,21H,6-8,11-13,31H2,1-5H3;5,8H,1-4,6H2/b;7-5-. The van der Waals surface area contributed by atoms with Crippen LogP contribution in [-0.2, 0) is 37.0 Å². The number of fused-ring (bicyclic) bond motifs is 3. The molecular formula is C35H44F4N8O3. The molecule has 2 fully saturated rings. The molecule has 2 aromatic heterocycles. The van der Waals surface area contributed by atoms with Gasteiger partial charge in [0.05, 0.1) is 49.6 Å². The number of halogens is 4. The van der Waals surface area contributed by atoms with Crippen LogP contribution in [0.25, 0.3) is 0 Å². The maximum Gasteiger partial charge on any atom is 0.417 e. The van der Waals surface area contributed by atoms with E-state index in [-0.39, 0.29) is 41.8 Å². The number of benzene rings is 1. The predicted octanol–water partition coefficient (Wildman–Crippen LogP) is 5.53. The molecule has 15 heteroatoms. The Kier molecular flexibility index (Phi) is 10.1. The highest BCUT2D eigenvalue weighted by atomic mass is 19.4. The molecule has 0 radical (unpaired) electrons. The molecule has 1 aromatic carbocycles. The minimum Gasteiger partial charge on any atom is -0.467 e. The lowest BCUT2D eigenvalue weighted by Gasteiger charge is -2.31. The quantitative estimate of drug-likeness (QED) is 0.277. The van der Waals surface area contributed by atoms with Gasteiger partial charge < -0.3 is 25.0 Å². The molecule has 0 saturated carbocycles. The Hall–Kier alpha value is -4.24. The molecule has 0 spiro atoms. The minimum atomic E-state index is -4.56. The summed E-state index contributed by atoms with van der Waals surface area (Å²) in [5.74, 6) is 0.426. The van der Waals surface area contributed by atoms with Gasteiger partial charge in [-0.15, -0.1) is 0 Å². The molecule has 7 rings (SSSR count). The number of aromatic nitrogens is 4. The van der Waals surface area contributed by atoms with Crippen LogP contribution in [0.3, 0.4) is 0 Å². The molecule has 1 amide bonds. The first-order chi connectivity index (χ1) is 23.8. The number of ether oxygens (including phenoxy) is 2. The van der Waals surface area contributed by atoms with Crippen LogP contribution in [0.2, 0.25) is 0 Å². The average molecular weight is 701 g/mol. The van der Waals surface area contributed by atoms with Gasteiger partial charge in [-0.25, -0.2) is 4.39 Å². The van der Waals surface area contributed by atoms with Crippen molar-refractivity contribution >= 4 is 17.4 Å². The van der Waals surface area contributed by atoms with E-state index >= 15 is 0 Å². The first-order valence-electron chi connectivity index (χ1n) is 16.9. The summed E-state index contributed by atoms with van der Waals surface area (Å²) in [4.78, 5) is 27.8. The van der Waals surface area contributed by atoms with Crippen molar-refractivity contribution in [3.05, 3.63) is 68.9 Å². The van der Waals surface area contributed by atoms with Crippen LogP contribution in [-0.4, -0.2) is 82.3 Å². The SMILES string of the molecule is COc1nc2c(c(N3CCCn4nc(C(=O)N(C)C)c(C)c4C3)n1)COC(c1cc(N)cc(C)c1C(F)(F)F)C2.F/C=C1/CC2CCCN2C1. The molecule has 4 aliphatic rings. The van der Waals surface area contributed by atoms with Crippen molar-refractivity contribution in [2.75, 3.05) is 51.5 Å². The lowest BCUT2D eigenvalue weighted by Crippen LogP contribution is -2.29. The minimum absolute atomic E-state index is 0.0119. The molecule has 11 nitrogen and oxygen atoms in total. The van der Waals surface area contributed by atoms with Crippen LogP contribution in [0.15, 0.2) is 24.0 Å². The fourth-order valence-electron chi connectivity index (χ4n) is 7.55. The number of hydrogen-bond acceptors (Lipinski definition) is 9. The summed E-state index contributed by atoms with van der Waals surface area (Å²) in [5.41, 5.74) is 9.82. The average Bonchev–Trinajstić information content (AvgIpc) is 3.71. The molecule has 2 unspecified atom stereocenters. The Morgan fingerprint density at radius 2 is 1.88 bits per heavy atom. The summed E-state index contributed by atoms with van der Waals surface area (Å²) in [6, 6.07) is 3.45. The van der Waals surface area contributed by atoms with Crippen molar-refractivity contribution in [3.8, 4) is 6.01 Å². The summed E-state index contributed by atoms with van der Waals surface area (Å²) in [5, 5.41) is 4.58. The Morgan fingerprint density at radius 3 is 2.56 bits per heavy atom. The van der Waals surface area contributed by atoms with Gasteiger partial charge in [0, 0.05) is 63.0 Å². The van der Waals surface area contributed by atoms with E-state index in [1.54, 1.807) is 14.1 Å². The van der Waals surface area contributed by atoms with E-state index in [0.717, 1.165) is 42.5 Å². The van der Waals surface area contributed by atoms with Crippen LogP contribution in [0.1, 0.15) is 81.5 Å². The van der Waals surface area contributed by atoms with Crippen molar-refractivity contribution in [3.63, 3.8) is 0 Å². The number of alkyl halides is 3. The third-order valence-electron chi connectivity index (χ3n) is 9.98. The highest BCUT2D eigenvalue weighted by molar-refractivity contribution is 5.93. The number of nitrogen functional groups attached to an aromatic ring is 1. The summed E-state index contributed by atoms with van der Waals surface area (Å²) >= 11 is 0. The molecule has 270 valence electrons. The molecule has 0 bridgehead atoms. The Bertz CT molecular complexity index is 1780. The number of carbonyl (C=O) groups is 1. The molecule has 6 heterocycles. The fourth-order valence-corrected chi connectivity index (χ4v) is 7.55. The predicted molar refractivity (Wildman–Crippen MR) is 179 cm³/mol. The molecular weight excluding hydrogens is 656 g/mol. The van der Waals surface area contributed by atoms with Crippen LogP contribution < -0.4 is 15.4 Å². The number of aryl methyl sites for hydroxylation is 2. The summed E-state index contributed by atoms with van der Waals surface area (Å²) in [6.45, 7) is 7.07. The van der Waals surface area contributed by atoms with Gasteiger partial charge in [0.2, 0.25) is 0 Å². The number of amides is 1. The van der Waals surface area contributed by atoms with Gasteiger partial charge in [-0.1, -0.05) is 0 Å². The van der Waals surface area contributed by atoms with Crippen molar-refractivity contribution in [2.45, 2.75) is 84.0 Å². The van der Waals surface area contributed by atoms with E-state index in [0.29, 0.717) is 48.4 Å². The highest BCUT2D eigenvalue weighted by Gasteiger charge is 2.39. The second-order valence-electron chi connectivity index (χ2n) is 13.6. The van der Waals surface area contributed by atoms with Crippen molar-refractivity contribution < 1.29 is 31.8 Å². The lowest BCUT2D eigenvalue weighted by atomic mass is 9.92. The highest BCUT2D eigenvalue weighted by Crippen LogP contribution is 2.43. The maximum absolute atomic E-state index is 14.0. The van der Waals surface area contributed by atoms with Crippen LogP contribution >= 0.6 is 0 Å². The Balaban J connectivity index is 0.000000367. The molecule has 2 atom stereocenters. The largest absolute Gasteiger partial charge is 0.467 e. The van der Waals surface area contributed by atoms with Gasteiger partial charge in [0.15, 0.2) is 5.69 Å². The van der Waals surface area contributed by atoms with Crippen LogP contribution in [0.4, 0.5) is 29.1 Å². The first kappa shape index (κ1) is 35.6. The van der Waals surface area contributed by atoms with E-state index in [2.05, 4.69) is 24.9 Å². The smallest absolute Gasteiger partial charge is 0.417 e. The normalized spacial score (nSPS) is 21.2. The Labute approximate surface area is 289 Å². The number of anilines is 2. The summed E-state index contributed by atoms with van der Waals surface area (Å²) in [7, 11) is 4.83. The molecule has 50 heavy (non-hydrogen) atoms. The fraction of sp³-hybridized carbons (Fsp3) is 0.543.